The lowest BCUT2D eigenvalue weighted by atomic mass is 10.2. The third-order valence-corrected chi connectivity index (χ3v) is 7.32. The Morgan fingerprint density at radius 3 is 1.53 bits per heavy atom. The minimum absolute atomic E-state index is 0.120. The molecule has 6 nitrogen and oxygen atoms in total. The topological polar surface area (TPSA) is 76.2 Å². The Labute approximate surface area is 225 Å². The van der Waals surface area contributed by atoms with Crippen molar-refractivity contribution in [3.63, 3.8) is 0 Å². The van der Waals surface area contributed by atoms with E-state index in [-0.39, 0.29) is 17.2 Å². The van der Waals surface area contributed by atoms with Crippen LogP contribution < -0.4 is 13.8 Å². The van der Waals surface area contributed by atoms with Crippen molar-refractivity contribution in [3.8, 4) is 23.3 Å². The maximum Gasteiger partial charge on any atom is 0.452 e. The van der Waals surface area contributed by atoms with Gasteiger partial charge in [-0.15, -0.1) is 4.74 Å². The molecule has 1 heterocycles. The number of hydrogen-bond donors (Lipinski definition) is 0. The molecule has 4 rings (SSSR count). The van der Waals surface area contributed by atoms with Gasteiger partial charge in [-0.05, 0) is 57.2 Å². The second-order valence-corrected chi connectivity index (χ2v) is 12.1. The molecule has 0 radical (unpaired) electrons. The number of hydrogen-bond acceptors (Lipinski definition) is 6. The Morgan fingerprint density at radius 1 is 0.722 bits per heavy atom. The van der Waals surface area contributed by atoms with E-state index in [1.165, 1.54) is 0 Å². The quantitative estimate of drug-likeness (QED) is 0.223. The molecule has 0 aliphatic carbocycles. The number of nitriles is 1. The summed E-state index contributed by atoms with van der Waals surface area (Å²) in [6, 6.07) is 23.8. The lowest BCUT2D eigenvalue weighted by Crippen LogP contribution is -2.26. The van der Waals surface area contributed by atoms with Crippen LogP contribution in [0.3, 0.4) is 0 Å². The predicted octanol–water partition coefficient (Wildman–Crippen LogP) is 8.65. The Hall–Kier alpha value is -2.94. The zero-order chi connectivity index (χ0) is 25.9. The summed E-state index contributed by atoms with van der Waals surface area (Å²) in [6.45, 7) is 5.86. The number of allylic oxidation sites excluding steroid dienone is 1. The molecule has 0 fully saturated rings. The van der Waals surface area contributed by atoms with Crippen LogP contribution in [0.1, 0.15) is 16.7 Å². The molecule has 0 N–H and O–H groups in total. The SMILES string of the molecule is Cc1ccc(OC2=C(C#N)C(C(Cl)(Cl)Cl)=NP(Oc3ccc(C)cc3)(Oc3ccc(C)cc3)=N2)cc1. The van der Waals surface area contributed by atoms with Crippen LogP contribution in [-0.2, 0) is 0 Å². The van der Waals surface area contributed by atoms with Gasteiger partial charge in [0.25, 0.3) is 0 Å². The van der Waals surface area contributed by atoms with Gasteiger partial charge in [-0.1, -0.05) is 87.9 Å². The van der Waals surface area contributed by atoms with E-state index in [1.807, 2.05) is 63.2 Å². The normalized spacial score (nSPS) is 14.9. The van der Waals surface area contributed by atoms with E-state index in [0.717, 1.165) is 16.7 Å². The number of rotatable bonds is 6. The number of halogens is 3. The number of nitrogens with zero attached hydrogens (tertiary/aromatic N) is 3. The second-order valence-electron chi connectivity index (χ2n) is 8.05. The summed E-state index contributed by atoms with van der Waals surface area (Å²) in [7, 11) is -3.64. The molecule has 0 atom stereocenters. The fourth-order valence-electron chi connectivity index (χ4n) is 3.13. The molecule has 0 aromatic heterocycles. The minimum Gasteiger partial charge on any atom is -0.437 e. The Balaban J connectivity index is 1.92. The fourth-order valence-corrected chi connectivity index (χ4v) is 5.62. The summed E-state index contributed by atoms with van der Waals surface area (Å²) in [6.07, 6.45) is 0. The monoisotopic (exact) mass is 559 g/mol. The van der Waals surface area contributed by atoms with Crippen LogP contribution in [0.4, 0.5) is 0 Å². The highest BCUT2D eigenvalue weighted by atomic mass is 35.6. The highest BCUT2D eigenvalue weighted by Crippen LogP contribution is 2.58. The number of alkyl halides is 3. The minimum atomic E-state index is -3.64. The van der Waals surface area contributed by atoms with Crippen LogP contribution in [0.25, 0.3) is 0 Å². The molecule has 184 valence electrons. The smallest absolute Gasteiger partial charge is 0.437 e. The number of aryl methyl sites for hydroxylation is 3. The summed E-state index contributed by atoms with van der Waals surface area (Å²) >= 11 is 18.8. The summed E-state index contributed by atoms with van der Waals surface area (Å²) in [4.78, 5) is 0. The summed E-state index contributed by atoms with van der Waals surface area (Å²) in [5, 5.41) is 9.95. The van der Waals surface area contributed by atoms with Crippen LogP contribution in [0, 0.1) is 32.1 Å². The highest BCUT2D eigenvalue weighted by molar-refractivity contribution is 7.56. The Bertz CT molecular complexity index is 1370. The molecule has 0 saturated heterocycles. The van der Waals surface area contributed by atoms with Crippen molar-refractivity contribution in [2.75, 3.05) is 0 Å². The van der Waals surface area contributed by atoms with Gasteiger partial charge in [0.2, 0.25) is 9.68 Å². The van der Waals surface area contributed by atoms with Crippen molar-refractivity contribution in [2.24, 2.45) is 9.51 Å². The zero-order valence-corrected chi connectivity index (χ0v) is 22.7. The lowest BCUT2D eigenvalue weighted by molar-refractivity contribution is 0.408. The third kappa shape index (κ3) is 6.24. The van der Waals surface area contributed by atoms with Gasteiger partial charge >= 0.3 is 7.66 Å². The van der Waals surface area contributed by atoms with Crippen molar-refractivity contribution < 1.29 is 13.8 Å². The van der Waals surface area contributed by atoms with E-state index in [4.69, 9.17) is 48.6 Å². The first-order chi connectivity index (χ1) is 17.1. The van der Waals surface area contributed by atoms with Crippen LogP contribution in [0.5, 0.6) is 17.2 Å². The molecule has 0 spiro atoms. The van der Waals surface area contributed by atoms with Crippen molar-refractivity contribution >= 4 is 48.2 Å². The highest BCUT2D eigenvalue weighted by Gasteiger charge is 2.42. The van der Waals surface area contributed by atoms with Gasteiger partial charge in [-0.25, -0.2) is 0 Å². The first kappa shape index (κ1) is 26.1. The van der Waals surface area contributed by atoms with Gasteiger partial charge in [0, 0.05) is 0 Å². The standard InChI is InChI=1S/C26H21Cl3N3O3P/c1-17-4-10-20(11-5-17)33-25-23(16-30)24(26(27,28)29)31-36(32-25,34-21-12-6-18(2)7-13-21)35-22-14-8-19(3)9-15-22/h4-15H,1-3H3. The molecule has 3 aromatic carbocycles. The van der Waals surface area contributed by atoms with E-state index in [9.17, 15) is 5.26 Å². The zero-order valence-electron chi connectivity index (χ0n) is 19.6. The molecular formula is C26H21Cl3N3O3P. The lowest BCUT2D eigenvalue weighted by Gasteiger charge is -2.27. The van der Waals surface area contributed by atoms with E-state index in [1.54, 1.807) is 36.4 Å². The van der Waals surface area contributed by atoms with Gasteiger partial charge in [0.15, 0.2) is 0 Å². The number of ether oxygens (including phenoxy) is 1. The van der Waals surface area contributed by atoms with E-state index in [2.05, 4.69) is 9.51 Å². The maximum absolute atomic E-state index is 9.95. The average Bonchev–Trinajstić information content (AvgIpc) is 2.83. The first-order valence-electron chi connectivity index (χ1n) is 10.8. The maximum atomic E-state index is 9.95. The molecule has 0 saturated carbocycles. The summed E-state index contributed by atoms with van der Waals surface area (Å²) in [5.41, 5.74) is 2.80. The molecule has 0 amide bonds. The van der Waals surface area contributed by atoms with E-state index in [0.29, 0.717) is 17.2 Å². The molecular weight excluding hydrogens is 540 g/mol. The average molecular weight is 561 g/mol. The third-order valence-electron chi connectivity index (χ3n) is 5.00. The summed E-state index contributed by atoms with van der Waals surface area (Å²) in [5.74, 6) is 1.19. The van der Waals surface area contributed by atoms with Crippen molar-refractivity contribution in [3.05, 3.63) is 101 Å². The van der Waals surface area contributed by atoms with Crippen molar-refractivity contribution in [1.82, 2.24) is 0 Å². The largest absolute Gasteiger partial charge is 0.452 e. The molecule has 10 heteroatoms. The molecule has 3 aromatic rings. The predicted molar refractivity (Wildman–Crippen MR) is 145 cm³/mol. The molecule has 1 aliphatic heterocycles. The van der Waals surface area contributed by atoms with Crippen molar-refractivity contribution in [1.29, 1.82) is 5.26 Å². The fraction of sp³-hybridized carbons (Fsp3) is 0.154. The molecule has 0 bridgehead atoms. The van der Waals surface area contributed by atoms with Gasteiger partial charge in [-0.2, -0.15) is 10.0 Å². The van der Waals surface area contributed by atoms with Gasteiger partial charge in [0.1, 0.15) is 34.6 Å². The Morgan fingerprint density at radius 2 is 1.14 bits per heavy atom. The first-order valence-corrected chi connectivity index (χ1v) is 13.4. The molecule has 0 unspecified atom stereocenters. The second kappa shape index (κ2) is 10.6. The van der Waals surface area contributed by atoms with E-state index < -0.39 is 11.5 Å². The van der Waals surface area contributed by atoms with Gasteiger partial charge < -0.3 is 13.8 Å². The van der Waals surface area contributed by atoms with Crippen LogP contribution in [0.2, 0.25) is 0 Å². The van der Waals surface area contributed by atoms with Crippen LogP contribution >= 0.6 is 42.5 Å². The molecule has 1 aliphatic rings. The van der Waals surface area contributed by atoms with Gasteiger partial charge in [-0.3, -0.25) is 0 Å². The summed E-state index contributed by atoms with van der Waals surface area (Å²) < 4.78 is 25.6. The number of benzene rings is 3. The van der Waals surface area contributed by atoms with E-state index >= 15 is 0 Å². The van der Waals surface area contributed by atoms with Crippen molar-refractivity contribution in [2.45, 2.75) is 24.6 Å². The van der Waals surface area contributed by atoms with Crippen LogP contribution in [0.15, 0.2) is 93.8 Å². The van der Waals surface area contributed by atoms with Crippen LogP contribution in [-0.4, -0.2) is 9.50 Å². The molecule has 36 heavy (non-hydrogen) atoms. The van der Waals surface area contributed by atoms with Gasteiger partial charge in [0.05, 0.1) is 0 Å². The Kier molecular flexibility index (Phi) is 7.68.